The molecular weight excluding hydrogens is 347 g/mol. The summed E-state index contributed by atoms with van der Waals surface area (Å²) in [7, 11) is 0. The van der Waals surface area contributed by atoms with Gasteiger partial charge in [-0.3, -0.25) is 0 Å². The molecule has 0 amide bonds. The van der Waals surface area contributed by atoms with Gasteiger partial charge in [-0.2, -0.15) is 5.26 Å². The summed E-state index contributed by atoms with van der Waals surface area (Å²) in [6.45, 7) is 0.0275. The van der Waals surface area contributed by atoms with Crippen molar-refractivity contribution >= 4 is 17.3 Å². The fourth-order valence-corrected chi connectivity index (χ4v) is 2.30. The van der Waals surface area contributed by atoms with Crippen LogP contribution in [0.2, 0.25) is 5.02 Å². The van der Waals surface area contributed by atoms with Crippen LogP contribution >= 0.6 is 11.6 Å². The normalized spacial score (nSPS) is 10.3. The molecule has 0 bridgehead atoms. The highest BCUT2D eigenvalue weighted by molar-refractivity contribution is 6.30. The maximum absolute atomic E-state index is 13.3. The monoisotopic (exact) mass is 358 g/mol. The second kappa shape index (κ2) is 7.64. The van der Waals surface area contributed by atoms with Crippen molar-refractivity contribution in [2.45, 2.75) is 6.54 Å². The number of benzene rings is 2. The number of nitrogens with zero attached hydrogens (tertiary/aromatic N) is 3. The quantitative estimate of drug-likeness (QED) is 0.715. The minimum absolute atomic E-state index is 0.183. The molecule has 0 atom stereocenters. The first kappa shape index (κ1) is 16.7. The minimum Gasteiger partial charge on any atom is -0.476 e. The van der Waals surface area contributed by atoms with E-state index < -0.39 is 5.82 Å². The molecule has 0 unspecified atom stereocenters. The molecule has 3 rings (SSSR count). The molecule has 0 aliphatic heterocycles. The number of ether oxygens (including phenoxy) is 1. The Kier molecular flexibility index (Phi) is 5.11. The maximum Gasteiger partial charge on any atom is 0.247 e. The van der Waals surface area contributed by atoms with E-state index in [1.807, 2.05) is 12.1 Å². The maximum atomic E-state index is 13.3. The summed E-state index contributed by atoms with van der Waals surface area (Å²) in [6, 6.07) is 12.9. The van der Waals surface area contributed by atoms with Crippen LogP contribution in [-0.2, 0) is 6.54 Å². The zero-order valence-electron chi connectivity index (χ0n) is 12.9. The lowest BCUT2D eigenvalue weighted by Gasteiger charge is -2.10. The SMILES string of the molecule is N#CCOc1cc(F)ccc1NCc1nnc(-c2cccc(Cl)c2)o1. The number of nitrogens with one attached hydrogen (secondary N) is 1. The van der Waals surface area contributed by atoms with Gasteiger partial charge in [-0.15, -0.1) is 10.2 Å². The van der Waals surface area contributed by atoms with Gasteiger partial charge in [-0.1, -0.05) is 17.7 Å². The van der Waals surface area contributed by atoms with Gasteiger partial charge in [0, 0.05) is 16.7 Å². The minimum atomic E-state index is -0.459. The number of rotatable bonds is 6. The third kappa shape index (κ3) is 4.25. The fraction of sp³-hybridized carbons (Fsp3) is 0.118. The molecule has 2 aromatic carbocycles. The van der Waals surface area contributed by atoms with Crippen LogP contribution in [0.25, 0.3) is 11.5 Å². The van der Waals surface area contributed by atoms with Gasteiger partial charge in [0.2, 0.25) is 11.8 Å². The van der Waals surface area contributed by atoms with Crippen LogP contribution in [0.5, 0.6) is 5.75 Å². The van der Waals surface area contributed by atoms with Crippen LogP contribution in [0.4, 0.5) is 10.1 Å². The van der Waals surface area contributed by atoms with Crippen LogP contribution < -0.4 is 10.1 Å². The molecule has 3 aromatic rings. The van der Waals surface area contributed by atoms with E-state index in [9.17, 15) is 4.39 Å². The van der Waals surface area contributed by atoms with E-state index in [0.717, 1.165) is 0 Å². The molecule has 1 aromatic heterocycles. The fourth-order valence-electron chi connectivity index (χ4n) is 2.11. The summed E-state index contributed by atoms with van der Waals surface area (Å²) in [5, 5.41) is 20.1. The second-order valence-corrected chi connectivity index (χ2v) is 5.39. The summed E-state index contributed by atoms with van der Waals surface area (Å²) in [6.07, 6.45) is 0. The Bertz CT molecular complexity index is 923. The molecule has 126 valence electrons. The highest BCUT2D eigenvalue weighted by atomic mass is 35.5. The zero-order chi connectivity index (χ0) is 17.6. The molecule has 0 aliphatic rings. The highest BCUT2D eigenvalue weighted by Gasteiger charge is 2.11. The Balaban J connectivity index is 1.71. The first-order valence-electron chi connectivity index (χ1n) is 7.27. The van der Waals surface area contributed by atoms with E-state index in [-0.39, 0.29) is 18.9 Å². The van der Waals surface area contributed by atoms with Gasteiger partial charge in [-0.25, -0.2) is 4.39 Å². The van der Waals surface area contributed by atoms with E-state index in [1.165, 1.54) is 18.2 Å². The van der Waals surface area contributed by atoms with Crippen LogP contribution in [0.15, 0.2) is 46.9 Å². The van der Waals surface area contributed by atoms with Crippen molar-refractivity contribution in [1.82, 2.24) is 10.2 Å². The summed E-state index contributed by atoms with van der Waals surface area (Å²) in [5.41, 5.74) is 1.23. The number of anilines is 1. The van der Waals surface area contributed by atoms with E-state index in [4.69, 9.17) is 26.0 Å². The predicted molar refractivity (Wildman–Crippen MR) is 89.6 cm³/mol. The van der Waals surface area contributed by atoms with Gasteiger partial charge >= 0.3 is 0 Å². The number of halogens is 2. The van der Waals surface area contributed by atoms with Crippen LogP contribution in [0.1, 0.15) is 5.89 Å². The Labute approximate surface area is 147 Å². The first-order valence-corrected chi connectivity index (χ1v) is 7.65. The predicted octanol–water partition coefficient (Wildman–Crippen LogP) is 4.04. The van der Waals surface area contributed by atoms with Crippen molar-refractivity contribution in [2.24, 2.45) is 0 Å². The van der Waals surface area contributed by atoms with Gasteiger partial charge in [0.1, 0.15) is 17.6 Å². The van der Waals surface area contributed by atoms with Gasteiger partial charge in [-0.05, 0) is 30.3 Å². The van der Waals surface area contributed by atoms with Crippen LogP contribution in [-0.4, -0.2) is 16.8 Å². The number of hydrogen-bond acceptors (Lipinski definition) is 6. The lowest BCUT2D eigenvalue weighted by molar-refractivity contribution is 0.367. The summed E-state index contributed by atoms with van der Waals surface area (Å²) >= 11 is 5.94. The summed E-state index contributed by atoms with van der Waals surface area (Å²) < 4.78 is 24.1. The lowest BCUT2D eigenvalue weighted by Crippen LogP contribution is -2.04. The molecule has 0 spiro atoms. The van der Waals surface area contributed by atoms with Gasteiger partial charge in [0.15, 0.2) is 6.61 Å². The van der Waals surface area contributed by atoms with Crippen molar-refractivity contribution in [3.8, 4) is 23.3 Å². The largest absolute Gasteiger partial charge is 0.476 e. The molecule has 25 heavy (non-hydrogen) atoms. The molecule has 6 nitrogen and oxygen atoms in total. The topological polar surface area (TPSA) is 84.0 Å². The van der Waals surface area contributed by atoms with Gasteiger partial charge < -0.3 is 14.5 Å². The van der Waals surface area contributed by atoms with Crippen LogP contribution in [0.3, 0.4) is 0 Å². The smallest absolute Gasteiger partial charge is 0.247 e. The lowest BCUT2D eigenvalue weighted by atomic mass is 10.2. The molecule has 0 radical (unpaired) electrons. The first-order chi connectivity index (χ1) is 12.2. The van der Waals surface area contributed by atoms with Crippen molar-refractivity contribution in [3.63, 3.8) is 0 Å². The van der Waals surface area contributed by atoms with E-state index in [2.05, 4.69) is 15.5 Å². The Hall–Kier alpha value is -3.11. The van der Waals surface area contributed by atoms with Crippen molar-refractivity contribution in [2.75, 3.05) is 11.9 Å². The molecule has 8 heteroatoms. The van der Waals surface area contributed by atoms with Crippen molar-refractivity contribution < 1.29 is 13.5 Å². The standard InChI is InChI=1S/C17H12ClFN4O2/c18-12-3-1-2-11(8-12)17-23-22-16(25-17)10-21-14-5-4-13(19)9-15(14)24-7-6-20/h1-5,8-9,21H,7,10H2. The van der Waals surface area contributed by atoms with Crippen molar-refractivity contribution in [3.05, 3.63) is 59.2 Å². The molecule has 0 saturated heterocycles. The molecule has 0 fully saturated rings. The number of hydrogen-bond donors (Lipinski definition) is 1. The molecule has 1 heterocycles. The van der Waals surface area contributed by atoms with Gasteiger partial charge in [0.05, 0.1) is 12.2 Å². The molecule has 0 saturated carbocycles. The second-order valence-electron chi connectivity index (χ2n) is 4.95. The third-order valence-electron chi connectivity index (χ3n) is 3.20. The number of aromatic nitrogens is 2. The summed E-state index contributed by atoms with van der Waals surface area (Å²) in [4.78, 5) is 0. The third-order valence-corrected chi connectivity index (χ3v) is 3.44. The Morgan fingerprint density at radius 3 is 2.92 bits per heavy atom. The van der Waals surface area contributed by atoms with Crippen molar-refractivity contribution in [1.29, 1.82) is 5.26 Å². The van der Waals surface area contributed by atoms with E-state index >= 15 is 0 Å². The van der Waals surface area contributed by atoms with E-state index in [0.29, 0.717) is 28.1 Å². The van der Waals surface area contributed by atoms with E-state index in [1.54, 1.807) is 18.2 Å². The highest BCUT2D eigenvalue weighted by Crippen LogP contribution is 2.26. The summed E-state index contributed by atoms with van der Waals surface area (Å²) in [5.74, 6) is 0.459. The van der Waals surface area contributed by atoms with Gasteiger partial charge in [0.25, 0.3) is 0 Å². The molecule has 0 aliphatic carbocycles. The Morgan fingerprint density at radius 1 is 1.24 bits per heavy atom. The number of nitriles is 1. The Morgan fingerprint density at radius 2 is 2.12 bits per heavy atom. The molecule has 1 N–H and O–H groups in total. The zero-order valence-corrected chi connectivity index (χ0v) is 13.6. The average Bonchev–Trinajstić information content (AvgIpc) is 3.08. The molecular formula is C17H12ClFN4O2. The average molecular weight is 359 g/mol. The van der Waals surface area contributed by atoms with Crippen LogP contribution in [0, 0.1) is 17.1 Å².